The molecule has 2 rings (SSSR count). The molecule has 0 radical (unpaired) electrons. The third-order valence-corrected chi connectivity index (χ3v) is 3.96. The summed E-state index contributed by atoms with van der Waals surface area (Å²) >= 11 is 4.81. The number of thiocarbonyl (C=S) groups is 1. The Kier molecular flexibility index (Phi) is 3.88. The maximum atomic E-state index is 12.0. The van der Waals surface area contributed by atoms with Gasteiger partial charge < -0.3 is 5.73 Å². The van der Waals surface area contributed by atoms with Crippen LogP contribution in [0.15, 0.2) is 35.5 Å². The summed E-state index contributed by atoms with van der Waals surface area (Å²) in [5.41, 5.74) is 5.97. The first kappa shape index (κ1) is 13.6. The number of aromatic amines is 1. The van der Waals surface area contributed by atoms with E-state index in [-0.39, 0.29) is 16.4 Å². The molecule has 0 unspecified atom stereocenters. The van der Waals surface area contributed by atoms with Crippen molar-refractivity contribution in [3.05, 3.63) is 42.0 Å². The zero-order valence-electron chi connectivity index (χ0n) is 9.70. The van der Waals surface area contributed by atoms with Crippen LogP contribution < -0.4 is 10.5 Å². The number of nitrogens with one attached hydrogen (secondary N) is 2. The van der Waals surface area contributed by atoms with E-state index >= 15 is 0 Å². The molecule has 0 aliphatic carbocycles. The first-order chi connectivity index (χ1) is 8.99. The smallest absolute Gasteiger partial charge is 0.240 e. The van der Waals surface area contributed by atoms with Gasteiger partial charge in [0.05, 0.1) is 11.4 Å². The number of H-pyrrole nitrogens is 1. The highest BCUT2D eigenvalue weighted by atomic mass is 32.2. The van der Waals surface area contributed by atoms with Crippen LogP contribution in [-0.4, -0.2) is 28.6 Å². The fourth-order valence-electron chi connectivity index (χ4n) is 1.38. The van der Waals surface area contributed by atoms with Crippen LogP contribution in [-0.2, 0) is 16.6 Å². The molecular formula is C10H11N5O2S2. The van der Waals surface area contributed by atoms with E-state index in [4.69, 9.17) is 18.0 Å². The second kappa shape index (κ2) is 5.43. The Balaban J connectivity index is 2.19. The Bertz CT molecular complexity index is 682. The van der Waals surface area contributed by atoms with Gasteiger partial charge in [-0.1, -0.05) is 24.4 Å². The first-order valence-corrected chi connectivity index (χ1v) is 7.12. The third kappa shape index (κ3) is 3.34. The lowest BCUT2D eigenvalue weighted by molar-refractivity contribution is 0.579. The molecule has 2 aromatic rings. The summed E-state index contributed by atoms with van der Waals surface area (Å²) in [6, 6.07) is 6.12. The quantitative estimate of drug-likeness (QED) is 0.665. The second-order valence-electron chi connectivity index (χ2n) is 3.65. The van der Waals surface area contributed by atoms with Crippen molar-refractivity contribution in [2.24, 2.45) is 5.73 Å². The lowest BCUT2D eigenvalue weighted by atomic mass is 10.2. The Morgan fingerprint density at radius 1 is 1.47 bits per heavy atom. The number of sulfonamides is 1. The Labute approximate surface area is 115 Å². The summed E-state index contributed by atoms with van der Waals surface area (Å²) in [6.07, 6.45) is 1.30. The number of aromatic nitrogens is 3. The normalized spacial score (nSPS) is 11.4. The fourth-order valence-corrected chi connectivity index (χ4v) is 2.54. The number of hydrogen-bond donors (Lipinski definition) is 3. The highest BCUT2D eigenvalue weighted by molar-refractivity contribution is 7.89. The van der Waals surface area contributed by atoms with Crippen molar-refractivity contribution < 1.29 is 8.42 Å². The molecule has 0 spiro atoms. The highest BCUT2D eigenvalue weighted by Crippen LogP contribution is 2.11. The average molecular weight is 297 g/mol. The van der Waals surface area contributed by atoms with Crippen LogP contribution >= 0.6 is 12.2 Å². The van der Waals surface area contributed by atoms with Crippen LogP contribution in [0.3, 0.4) is 0 Å². The molecular weight excluding hydrogens is 286 g/mol. The molecule has 1 aromatic carbocycles. The van der Waals surface area contributed by atoms with Gasteiger partial charge in [0.15, 0.2) is 0 Å². The molecule has 100 valence electrons. The van der Waals surface area contributed by atoms with Gasteiger partial charge in [-0.25, -0.2) is 18.1 Å². The fraction of sp³-hybridized carbons (Fsp3) is 0.100. The maximum absolute atomic E-state index is 12.0. The van der Waals surface area contributed by atoms with E-state index in [2.05, 4.69) is 19.9 Å². The lowest BCUT2D eigenvalue weighted by Gasteiger charge is -2.06. The summed E-state index contributed by atoms with van der Waals surface area (Å²) < 4.78 is 26.5. The largest absolute Gasteiger partial charge is 0.389 e. The van der Waals surface area contributed by atoms with Crippen LogP contribution in [0.5, 0.6) is 0 Å². The molecule has 0 fully saturated rings. The number of benzene rings is 1. The van der Waals surface area contributed by atoms with Crippen LogP contribution in [0.25, 0.3) is 0 Å². The van der Waals surface area contributed by atoms with Gasteiger partial charge in [0.2, 0.25) is 10.0 Å². The van der Waals surface area contributed by atoms with E-state index in [0.717, 1.165) is 0 Å². The van der Waals surface area contributed by atoms with Gasteiger partial charge in [-0.15, -0.1) is 0 Å². The van der Waals surface area contributed by atoms with Crippen LogP contribution in [0.4, 0.5) is 0 Å². The first-order valence-electron chi connectivity index (χ1n) is 5.23. The molecule has 0 amide bonds. The Morgan fingerprint density at radius 2 is 2.26 bits per heavy atom. The minimum absolute atomic E-state index is 0.0274. The molecule has 9 heteroatoms. The van der Waals surface area contributed by atoms with Crippen molar-refractivity contribution in [3.63, 3.8) is 0 Å². The Morgan fingerprint density at radius 3 is 2.89 bits per heavy atom. The van der Waals surface area contributed by atoms with Crippen molar-refractivity contribution in [1.29, 1.82) is 0 Å². The van der Waals surface area contributed by atoms with Gasteiger partial charge >= 0.3 is 0 Å². The molecule has 0 bridgehead atoms. The zero-order chi connectivity index (χ0) is 13.9. The summed E-state index contributed by atoms with van der Waals surface area (Å²) in [4.78, 5) is 4.06. The summed E-state index contributed by atoms with van der Waals surface area (Å²) in [7, 11) is -3.65. The predicted octanol–water partition coefficient (Wildman–Crippen LogP) is -0.0826. The van der Waals surface area contributed by atoms with Crippen LogP contribution in [0, 0.1) is 0 Å². The average Bonchev–Trinajstić information content (AvgIpc) is 2.90. The Hall–Kier alpha value is -1.84. The van der Waals surface area contributed by atoms with E-state index in [9.17, 15) is 8.42 Å². The second-order valence-corrected chi connectivity index (χ2v) is 5.86. The monoisotopic (exact) mass is 297 g/mol. The van der Waals surface area contributed by atoms with Gasteiger partial charge in [-0.2, -0.15) is 5.10 Å². The summed E-state index contributed by atoms with van der Waals surface area (Å²) in [5, 5.41) is 6.19. The van der Waals surface area contributed by atoms with Gasteiger partial charge in [0.25, 0.3) is 0 Å². The van der Waals surface area contributed by atoms with E-state index in [0.29, 0.717) is 11.4 Å². The molecule has 7 nitrogen and oxygen atoms in total. The molecule has 1 heterocycles. The zero-order valence-corrected chi connectivity index (χ0v) is 11.3. The molecule has 4 N–H and O–H groups in total. The molecule has 19 heavy (non-hydrogen) atoms. The number of hydrogen-bond acceptors (Lipinski definition) is 5. The molecule has 0 aliphatic heterocycles. The van der Waals surface area contributed by atoms with Crippen molar-refractivity contribution in [2.45, 2.75) is 11.4 Å². The SMILES string of the molecule is NC(=S)c1cccc(S(=O)(=O)NCc2ncn[nH]2)c1. The van der Waals surface area contributed by atoms with Gasteiger partial charge in [0, 0.05) is 5.56 Å². The topological polar surface area (TPSA) is 114 Å². The standard InChI is InChI=1S/C10H11N5O2S2/c11-10(18)7-2-1-3-8(4-7)19(16,17)14-5-9-12-6-13-15-9/h1-4,6,14H,5H2,(H2,11,18)(H,12,13,15). The van der Waals surface area contributed by atoms with E-state index in [1.54, 1.807) is 12.1 Å². The molecule has 0 atom stereocenters. The molecule has 1 aromatic heterocycles. The third-order valence-electron chi connectivity index (χ3n) is 2.32. The van der Waals surface area contributed by atoms with Gasteiger partial charge in [-0.05, 0) is 12.1 Å². The van der Waals surface area contributed by atoms with Gasteiger partial charge in [-0.3, -0.25) is 5.10 Å². The van der Waals surface area contributed by atoms with E-state index in [1.165, 1.54) is 18.5 Å². The van der Waals surface area contributed by atoms with Crippen molar-refractivity contribution in [1.82, 2.24) is 19.9 Å². The molecule has 0 saturated carbocycles. The van der Waals surface area contributed by atoms with Gasteiger partial charge in [0.1, 0.15) is 17.1 Å². The molecule has 0 saturated heterocycles. The summed E-state index contributed by atoms with van der Waals surface area (Å²) in [6.45, 7) is 0.0274. The lowest BCUT2D eigenvalue weighted by Crippen LogP contribution is -2.24. The number of nitrogens with zero attached hydrogens (tertiary/aromatic N) is 2. The van der Waals surface area contributed by atoms with Crippen molar-refractivity contribution >= 4 is 27.2 Å². The maximum Gasteiger partial charge on any atom is 0.240 e. The minimum atomic E-state index is -3.65. The minimum Gasteiger partial charge on any atom is -0.389 e. The van der Waals surface area contributed by atoms with E-state index in [1.807, 2.05) is 0 Å². The summed E-state index contributed by atoms with van der Waals surface area (Å²) in [5.74, 6) is 0.425. The van der Waals surface area contributed by atoms with Crippen molar-refractivity contribution in [2.75, 3.05) is 0 Å². The van der Waals surface area contributed by atoms with E-state index < -0.39 is 10.0 Å². The van der Waals surface area contributed by atoms with Crippen LogP contribution in [0.1, 0.15) is 11.4 Å². The highest BCUT2D eigenvalue weighted by Gasteiger charge is 2.15. The van der Waals surface area contributed by atoms with Crippen LogP contribution in [0.2, 0.25) is 0 Å². The van der Waals surface area contributed by atoms with Crippen molar-refractivity contribution in [3.8, 4) is 0 Å². The number of rotatable bonds is 5. The molecule has 0 aliphatic rings. The number of nitrogens with two attached hydrogens (primary N) is 1. The predicted molar refractivity (Wildman–Crippen MR) is 72.7 cm³/mol.